The quantitative estimate of drug-likeness (QED) is 0.548. The van der Waals surface area contributed by atoms with E-state index in [1.54, 1.807) is 0 Å². The summed E-state index contributed by atoms with van der Waals surface area (Å²) in [5.41, 5.74) is 0.0791. The number of rotatable bonds is 3. The molecule has 0 aromatic rings. The molecule has 14 heavy (non-hydrogen) atoms. The minimum atomic E-state index is -0.160. The zero-order chi connectivity index (χ0) is 10.8. The second kappa shape index (κ2) is 4.13. The normalized spacial score (nSPS) is 27.4. The maximum atomic E-state index is 11.3. The van der Waals surface area contributed by atoms with Gasteiger partial charge in [-0.1, -0.05) is 19.9 Å². The molecule has 1 heterocycles. The Labute approximate surface area is 85.5 Å². The number of carbonyl (C=O) groups excluding carboxylic acids is 1. The van der Waals surface area contributed by atoms with Gasteiger partial charge in [0.05, 0.1) is 7.11 Å². The van der Waals surface area contributed by atoms with E-state index in [1.807, 2.05) is 6.08 Å². The zero-order valence-electron chi connectivity index (χ0n) is 9.17. The first-order valence-corrected chi connectivity index (χ1v) is 4.96. The lowest BCUT2D eigenvalue weighted by Crippen LogP contribution is -2.31. The van der Waals surface area contributed by atoms with Crippen LogP contribution in [-0.2, 0) is 9.53 Å². The van der Waals surface area contributed by atoms with E-state index in [-0.39, 0.29) is 17.4 Å². The molecule has 3 nitrogen and oxygen atoms in total. The van der Waals surface area contributed by atoms with Gasteiger partial charge in [-0.15, -0.1) is 6.58 Å². The molecule has 2 atom stereocenters. The number of esters is 1. The van der Waals surface area contributed by atoms with Gasteiger partial charge in [-0.3, -0.25) is 4.79 Å². The molecule has 0 bridgehead atoms. The SMILES string of the molecule is C=CC(C)(C)C1CN[C@H](C(=O)OC)C1. The number of carbonyl (C=O) groups is 1. The number of allylic oxidation sites excluding steroid dienone is 1. The van der Waals surface area contributed by atoms with Crippen LogP contribution in [0.5, 0.6) is 0 Å². The first-order chi connectivity index (χ1) is 6.51. The second-order valence-corrected chi connectivity index (χ2v) is 4.44. The van der Waals surface area contributed by atoms with Crippen LogP contribution in [0.1, 0.15) is 20.3 Å². The maximum Gasteiger partial charge on any atom is 0.322 e. The topological polar surface area (TPSA) is 38.3 Å². The molecule has 1 N–H and O–H groups in total. The second-order valence-electron chi connectivity index (χ2n) is 4.44. The standard InChI is InChI=1S/C11H19NO2/c1-5-11(2,3)8-6-9(12-7-8)10(13)14-4/h5,8-9,12H,1,6-7H2,2-4H3/t8?,9-/m0/s1. The molecule has 0 radical (unpaired) electrons. The lowest BCUT2D eigenvalue weighted by molar-refractivity contribution is -0.142. The van der Waals surface area contributed by atoms with Gasteiger partial charge in [-0.05, 0) is 24.3 Å². The van der Waals surface area contributed by atoms with Gasteiger partial charge in [0.2, 0.25) is 0 Å². The predicted molar refractivity (Wildman–Crippen MR) is 55.9 cm³/mol. The van der Waals surface area contributed by atoms with Gasteiger partial charge in [0, 0.05) is 0 Å². The summed E-state index contributed by atoms with van der Waals surface area (Å²) < 4.78 is 4.70. The van der Waals surface area contributed by atoms with Crippen LogP contribution in [0.3, 0.4) is 0 Å². The van der Waals surface area contributed by atoms with Gasteiger partial charge >= 0.3 is 5.97 Å². The monoisotopic (exact) mass is 197 g/mol. The first-order valence-electron chi connectivity index (χ1n) is 4.96. The van der Waals surface area contributed by atoms with E-state index in [1.165, 1.54) is 7.11 Å². The summed E-state index contributed by atoms with van der Waals surface area (Å²) in [7, 11) is 1.43. The molecule has 1 rings (SSSR count). The number of nitrogens with one attached hydrogen (secondary N) is 1. The predicted octanol–water partition coefficient (Wildman–Crippen LogP) is 1.35. The molecule has 1 aliphatic heterocycles. The molecule has 0 aliphatic carbocycles. The molecular weight excluding hydrogens is 178 g/mol. The van der Waals surface area contributed by atoms with Crippen LogP contribution >= 0.6 is 0 Å². The summed E-state index contributed by atoms with van der Waals surface area (Å²) in [4.78, 5) is 11.3. The Hall–Kier alpha value is -0.830. The molecule has 1 aliphatic rings. The first kappa shape index (κ1) is 11.2. The fourth-order valence-corrected chi connectivity index (χ4v) is 1.79. The van der Waals surface area contributed by atoms with Crippen LogP contribution in [0.4, 0.5) is 0 Å². The fraction of sp³-hybridized carbons (Fsp3) is 0.727. The summed E-state index contributed by atoms with van der Waals surface area (Å²) in [5.74, 6) is 0.302. The Kier molecular flexibility index (Phi) is 3.32. The van der Waals surface area contributed by atoms with E-state index in [0.29, 0.717) is 5.92 Å². The molecule has 0 aromatic heterocycles. The average Bonchev–Trinajstić information content (AvgIpc) is 2.66. The molecule has 1 unspecified atom stereocenters. The van der Waals surface area contributed by atoms with Gasteiger partial charge in [0.15, 0.2) is 0 Å². The summed E-state index contributed by atoms with van der Waals surface area (Å²) in [6.07, 6.45) is 2.80. The van der Waals surface area contributed by atoms with Gasteiger partial charge in [-0.2, -0.15) is 0 Å². The molecule has 80 valence electrons. The molecule has 3 heteroatoms. The van der Waals surface area contributed by atoms with Crippen molar-refractivity contribution in [3.05, 3.63) is 12.7 Å². The van der Waals surface area contributed by atoms with Crippen LogP contribution in [0.2, 0.25) is 0 Å². The minimum absolute atomic E-state index is 0.0791. The third-order valence-corrected chi connectivity index (χ3v) is 3.19. The zero-order valence-corrected chi connectivity index (χ0v) is 9.17. The van der Waals surface area contributed by atoms with Crippen molar-refractivity contribution in [1.29, 1.82) is 0 Å². The number of methoxy groups -OCH3 is 1. The minimum Gasteiger partial charge on any atom is -0.468 e. The molecule has 1 fully saturated rings. The summed E-state index contributed by atoms with van der Waals surface area (Å²) in [6, 6.07) is -0.135. The highest BCUT2D eigenvalue weighted by atomic mass is 16.5. The highest BCUT2D eigenvalue weighted by molar-refractivity contribution is 5.76. The third-order valence-electron chi connectivity index (χ3n) is 3.19. The average molecular weight is 197 g/mol. The Balaban J connectivity index is 2.57. The highest BCUT2D eigenvalue weighted by Crippen LogP contribution is 2.34. The van der Waals surface area contributed by atoms with Gasteiger partial charge < -0.3 is 10.1 Å². The van der Waals surface area contributed by atoms with Crippen molar-refractivity contribution in [2.24, 2.45) is 11.3 Å². The number of ether oxygens (including phenoxy) is 1. The summed E-state index contributed by atoms with van der Waals surface area (Å²) in [5, 5.41) is 3.18. The molecule has 0 amide bonds. The van der Waals surface area contributed by atoms with E-state index in [0.717, 1.165) is 13.0 Å². The Morgan fingerprint density at radius 1 is 1.64 bits per heavy atom. The number of hydrogen-bond donors (Lipinski definition) is 1. The van der Waals surface area contributed by atoms with E-state index < -0.39 is 0 Å². The Morgan fingerprint density at radius 3 is 2.79 bits per heavy atom. The number of hydrogen-bond acceptors (Lipinski definition) is 3. The molecule has 1 saturated heterocycles. The van der Waals surface area contributed by atoms with E-state index in [4.69, 9.17) is 4.74 Å². The van der Waals surface area contributed by atoms with Crippen molar-refractivity contribution in [1.82, 2.24) is 5.32 Å². The molecular formula is C11H19NO2. The van der Waals surface area contributed by atoms with Crippen LogP contribution in [0, 0.1) is 11.3 Å². The van der Waals surface area contributed by atoms with Crippen molar-refractivity contribution >= 4 is 5.97 Å². The Bertz CT molecular complexity index is 235. The van der Waals surface area contributed by atoms with Crippen molar-refractivity contribution in [3.8, 4) is 0 Å². The van der Waals surface area contributed by atoms with E-state index in [9.17, 15) is 4.79 Å². The van der Waals surface area contributed by atoms with Crippen LogP contribution in [0.15, 0.2) is 12.7 Å². The van der Waals surface area contributed by atoms with Crippen molar-refractivity contribution in [2.45, 2.75) is 26.3 Å². The van der Waals surface area contributed by atoms with Gasteiger partial charge in [0.25, 0.3) is 0 Å². The van der Waals surface area contributed by atoms with Crippen molar-refractivity contribution < 1.29 is 9.53 Å². The lowest BCUT2D eigenvalue weighted by atomic mass is 9.78. The molecule has 0 saturated carbocycles. The summed E-state index contributed by atoms with van der Waals surface area (Å²) >= 11 is 0. The highest BCUT2D eigenvalue weighted by Gasteiger charge is 2.37. The maximum absolute atomic E-state index is 11.3. The largest absolute Gasteiger partial charge is 0.468 e. The van der Waals surface area contributed by atoms with Gasteiger partial charge in [0.1, 0.15) is 6.04 Å². The van der Waals surface area contributed by atoms with Crippen LogP contribution < -0.4 is 5.32 Å². The smallest absolute Gasteiger partial charge is 0.322 e. The van der Waals surface area contributed by atoms with E-state index >= 15 is 0 Å². The van der Waals surface area contributed by atoms with Crippen LogP contribution in [0.25, 0.3) is 0 Å². The van der Waals surface area contributed by atoms with Crippen molar-refractivity contribution in [3.63, 3.8) is 0 Å². The summed E-state index contributed by atoms with van der Waals surface area (Å²) in [6.45, 7) is 8.97. The van der Waals surface area contributed by atoms with Gasteiger partial charge in [-0.25, -0.2) is 0 Å². The molecule has 0 spiro atoms. The molecule has 0 aromatic carbocycles. The Morgan fingerprint density at radius 2 is 2.29 bits per heavy atom. The third kappa shape index (κ3) is 2.15. The lowest BCUT2D eigenvalue weighted by Gasteiger charge is -2.27. The van der Waals surface area contributed by atoms with E-state index in [2.05, 4.69) is 25.7 Å². The van der Waals surface area contributed by atoms with Crippen molar-refractivity contribution in [2.75, 3.05) is 13.7 Å². The van der Waals surface area contributed by atoms with Crippen LogP contribution in [-0.4, -0.2) is 25.7 Å². The fourth-order valence-electron chi connectivity index (χ4n) is 1.79.